The fraction of sp³-hybridized carbons (Fsp3) is 0.684. The van der Waals surface area contributed by atoms with E-state index in [2.05, 4.69) is 33.9 Å². The zero-order chi connectivity index (χ0) is 19.6. The first-order valence-electron chi connectivity index (χ1n) is 9.16. The first kappa shape index (κ1) is 21.6. The second-order valence-corrected chi connectivity index (χ2v) is 15.0. The molecule has 0 unspecified atom stereocenters. The summed E-state index contributed by atoms with van der Waals surface area (Å²) in [6, 6.07) is 6.65. The molecule has 148 valence electrons. The van der Waals surface area contributed by atoms with Crippen LogP contribution in [-0.4, -0.2) is 42.2 Å². The predicted octanol–water partition coefficient (Wildman–Crippen LogP) is 4.27. The monoisotopic (exact) mass is 400 g/mol. The van der Waals surface area contributed by atoms with Crippen LogP contribution in [0.25, 0.3) is 0 Å². The van der Waals surface area contributed by atoms with Crippen molar-refractivity contribution in [1.82, 2.24) is 0 Å². The maximum atomic E-state index is 12.3. The highest BCUT2D eigenvalue weighted by molar-refractivity contribution is 7.86. The summed E-state index contributed by atoms with van der Waals surface area (Å²) < 4.78 is 41.9. The lowest BCUT2D eigenvalue weighted by Crippen LogP contribution is -2.47. The molecule has 0 bridgehead atoms. The lowest BCUT2D eigenvalue weighted by molar-refractivity contribution is -0.0644. The molecule has 0 spiro atoms. The van der Waals surface area contributed by atoms with E-state index in [1.807, 2.05) is 6.92 Å². The second kappa shape index (κ2) is 8.10. The topological polar surface area (TPSA) is 61.8 Å². The molecule has 0 N–H and O–H groups in total. The van der Waals surface area contributed by atoms with Crippen molar-refractivity contribution in [3.63, 3.8) is 0 Å². The lowest BCUT2D eigenvalue weighted by Gasteiger charge is -2.41. The zero-order valence-corrected chi connectivity index (χ0v) is 18.6. The molecule has 0 aromatic heterocycles. The Labute approximate surface area is 159 Å². The fourth-order valence-electron chi connectivity index (χ4n) is 2.54. The molecule has 0 aliphatic carbocycles. The molecule has 1 aromatic rings. The molecule has 0 amide bonds. The average molecular weight is 401 g/mol. The Morgan fingerprint density at radius 2 is 1.77 bits per heavy atom. The van der Waals surface area contributed by atoms with Gasteiger partial charge < -0.3 is 9.16 Å². The van der Waals surface area contributed by atoms with Gasteiger partial charge in [0.25, 0.3) is 10.1 Å². The molecule has 1 aromatic carbocycles. The Bertz CT molecular complexity index is 684. The van der Waals surface area contributed by atoms with E-state index in [1.54, 1.807) is 24.3 Å². The van der Waals surface area contributed by atoms with Crippen molar-refractivity contribution in [1.29, 1.82) is 0 Å². The minimum atomic E-state index is -3.74. The minimum Gasteiger partial charge on any atom is -0.412 e. The van der Waals surface area contributed by atoms with Gasteiger partial charge in [0.05, 0.1) is 30.3 Å². The van der Waals surface area contributed by atoms with Crippen LogP contribution in [0.3, 0.4) is 0 Å². The molecule has 5 nitrogen and oxygen atoms in total. The van der Waals surface area contributed by atoms with E-state index in [0.29, 0.717) is 6.61 Å². The first-order valence-corrected chi connectivity index (χ1v) is 13.5. The summed E-state index contributed by atoms with van der Waals surface area (Å²) in [5.41, 5.74) is 1.01. The summed E-state index contributed by atoms with van der Waals surface area (Å²) in [6.45, 7) is 13.6. The summed E-state index contributed by atoms with van der Waals surface area (Å²) in [4.78, 5) is 0.179. The number of rotatable bonds is 6. The van der Waals surface area contributed by atoms with Crippen LogP contribution >= 0.6 is 0 Å². The Balaban J connectivity index is 1.83. The van der Waals surface area contributed by atoms with Crippen LogP contribution in [0.2, 0.25) is 18.1 Å². The number of hydrogen-bond acceptors (Lipinski definition) is 5. The molecule has 1 aliphatic heterocycles. The van der Waals surface area contributed by atoms with E-state index in [1.165, 1.54) is 0 Å². The summed E-state index contributed by atoms with van der Waals surface area (Å²) in [6.07, 6.45) is 1.48. The summed E-state index contributed by atoms with van der Waals surface area (Å²) in [5, 5.41) is 0.162. The van der Waals surface area contributed by atoms with E-state index in [9.17, 15) is 8.42 Å². The van der Waals surface area contributed by atoms with Crippen molar-refractivity contribution in [2.45, 2.75) is 75.8 Å². The third kappa shape index (κ3) is 5.63. The smallest absolute Gasteiger partial charge is 0.297 e. The maximum Gasteiger partial charge on any atom is 0.297 e. The Morgan fingerprint density at radius 3 is 2.27 bits per heavy atom. The second-order valence-electron chi connectivity index (χ2n) is 8.58. The fourth-order valence-corrected chi connectivity index (χ4v) is 4.85. The predicted molar refractivity (Wildman–Crippen MR) is 105 cm³/mol. The molecule has 1 saturated heterocycles. The molecule has 26 heavy (non-hydrogen) atoms. The van der Waals surface area contributed by atoms with Gasteiger partial charge in [0, 0.05) is 0 Å². The number of benzene rings is 1. The van der Waals surface area contributed by atoms with Crippen molar-refractivity contribution in [2.75, 3.05) is 13.2 Å². The third-order valence-electron chi connectivity index (χ3n) is 5.31. The van der Waals surface area contributed by atoms with Crippen LogP contribution in [0.1, 0.15) is 39.2 Å². The van der Waals surface area contributed by atoms with E-state index in [0.717, 1.165) is 18.4 Å². The van der Waals surface area contributed by atoms with Crippen LogP contribution in [0, 0.1) is 6.92 Å². The van der Waals surface area contributed by atoms with Gasteiger partial charge in [0.1, 0.15) is 0 Å². The van der Waals surface area contributed by atoms with Gasteiger partial charge in [0.15, 0.2) is 8.32 Å². The van der Waals surface area contributed by atoms with E-state index >= 15 is 0 Å². The van der Waals surface area contributed by atoms with Crippen molar-refractivity contribution >= 4 is 18.4 Å². The molecular formula is C19H32O5SSi. The van der Waals surface area contributed by atoms with E-state index in [4.69, 9.17) is 13.3 Å². The largest absolute Gasteiger partial charge is 0.412 e. The SMILES string of the molecule is Cc1ccc(S(=O)(=O)OC[C@@H]2CC[C@@H](O[Si](C)(C)C(C)(C)C)CO2)cc1. The Morgan fingerprint density at radius 1 is 1.15 bits per heavy atom. The molecule has 0 radical (unpaired) electrons. The normalized spacial score (nSPS) is 22.4. The summed E-state index contributed by atoms with van der Waals surface area (Å²) in [5.74, 6) is 0. The van der Waals surface area contributed by atoms with Gasteiger partial charge in [-0.05, 0) is 50.0 Å². The molecule has 2 atom stereocenters. The summed E-state index contributed by atoms with van der Waals surface area (Å²) >= 11 is 0. The highest BCUT2D eigenvalue weighted by Gasteiger charge is 2.40. The van der Waals surface area contributed by atoms with Gasteiger partial charge in [-0.1, -0.05) is 38.5 Å². The highest BCUT2D eigenvalue weighted by Crippen LogP contribution is 2.38. The van der Waals surface area contributed by atoms with Gasteiger partial charge in [-0.3, -0.25) is 4.18 Å². The maximum absolute atomic E-state index is 12.3. The minimum absolute atomic E-state index is 0.0447. The summed E-state index contributed by atoms with van der Waals surface area (Å²) in [7, 11) is -5.56. The van der Waals surface area contributed by atoms with Crippen LogP contribution in [0.4, 0.5) is 0 Å². The van der Waals surface area contributed by atoms with Crippen molar-refractivity contribution in [3.8, 4) is 0 Å². The van der Waals surface area contributed by atoms with Crippen LogP contribution in [0.15, 0.2) is 29.2 Å². The Hall–Kier alpha value is -0.733. The molecule has 1 fully saturated rings. The van der Waals surface area contributed by atoms with Gasteiger partial charge in [0.2, 0.25) is 0 Å². The van der Waals surface area contributed by atoms with Gasteiger partial charge in [-0.15, -0.1) is 0 Å². The molecule has 7 heteroatoms. The standard InChI is InChI=1S/C19H32O5SSi/c1-15-7-11-18(12-8-15)25(20,21)23-14-16-9-10-17(13-22-16)24-26(5,6)19(2,3)4/h7-8,11-12,16-17H,9-10,13-14H2,1-6H3/t16-,17+/m0/s1. The molecule has 0 saturated carbocycles. The van der Waals surface area contributed by atoms with Gasteiger partial charge in [-0.2, -0.15) is 8.42 Å². The van der Waals surface area contributed by atoms with E-state index < -0.39 is 18.4 Å². The molecular weight excluding hydrogens is 368 g/mol. The Kier molecular flexibility index (Phi) is 6.72. The van der Waals surface area contributed by atoms with Crippen LogP contribution in [-0.2, 0) is 23.5 Å². The van der Waals surface area contributed by atoms with E-state index in [-0.39, 0.29) is 28.7 Å². The van der Waals surface area contributed by atoms with Gasteiger partial charge in [-0.25, -0.2) is 0 Å². The average Bonchev–Trinajstić information content (AvgIpc) is 2.53. The quantitative estimate of drug-likeness (QED) is 0.527. The first-order chi connectivity index (χ1) is 11.9. The van der Waals surface area contributed by atoms with Crippen LogP contribution < -0.4 is 0 Å². The third-order valence-corrected chi connectivity index (χ3v) is 11.1. The number of ether oxygens (including phenoxy) is 1. The number of aryl methyl sites for hydroxylation is 1. The van der Waals surface area contributed by atoms with Crippen molar-refractivity contribution in [2.24, 2.45) is 0 Å². The van der Waals surface area contributed by atoms with Gasteiger partial charge >= 0.3 is 0 Å². The van der Waals surface area contributed by atoms with Crippen molar-refractivity contribution in [3.05, 3.63) is 29.8 Å². The number of hydrogen-bond donors (Lipinski definition) is 0. The zero-order valence-electron chi connectivity index (χ0n) is 16.7. The van der Waals surface area contributed by atoms with Crippen LogP contribution in [0.5, 0.6) is 0 Å². The highest BCUT2D eigenvalue weighted by atomic mass is 32.2. The molecule has 2 rings (SSSR count). The molecule has 1 heterocycles. The van der Waals surface area contributed by atoms with Crippen molar-refractivity contribution < 1.29 is 21.8 Å². The molecule has 1 aliphatic rings. The lowest BCUT2D eigenvalue weighted by atomic mass is 10.1.